The van der Waals surface area contributed by atoms with Crippen LogP contribution in [0.5, 0.6) is 0 Å². The minimum absolute atomic E-state index is 1.14. The van der Waals surface area contributed by atoms with Gasteiger partial charge in [-0.15, -0.1) is 0 Å². The van der Waals surface area contributed by atoms with Crippen molar-refractivity contribution >= 4 is 65.4 Å². The van der Waals surface area contributed by atoms with Gasteiger partial charge in [0.15, 0.2) is 0 Å². The van der Waals surface area contributed by atoms with Crippen molar-refractivity contribution in [3.63, 3.8) is 0 Å². The highest BCUT2D eigenvalue weighted by Crippen LogP contribution is 2.48. The second kappa shape index (κ2) is 14.1. The Hall–Kier alpha value is -8.40. The molecule has 0 spiro atoms. The highest BCUT2D eigenvalue weighted by Gasteiger charge is 2.24. The number of fused-ring (bicyclic) bond motifs is 9. The monoisotopic (exact) mass is 801 g/mol. The summed E-state index contributed by atoms with van der Waals surface area (Å²) in [5, 5.41) is 7.47. The predicted molar refractivity (Wildman–Crippen MR) is 266 cm³/mol. The van der Waals surface area contributed by atoms with E-state index in [4.69, 9.17) is 0 Å². The van der Waals surface area contributed by atoms with Crippen LogP contribution < -0.4 is 0 Å². The van der Waals surface area contributed by atoms with Crippen LogP contribution in [-0.2, 0) is 0 Å². The molecule has 3 aromatic heterocycles. The van der Waals surface area contributed by atoms with E-state index in [0.29, 0.717) is 0 Å². The van der Waals surface area contributed by atoms with Crippen LogP contribution in [0.3, 0.4) is 0 Å². The van der Waals surface area contributed by atoms with Gasteiger partial charge in [-0.25, -0.2) is 0 Å². The van der Waals surface area contributed by atoms with Gasteiger partial charge in [0, 0.05) is 54.9 Å². The first-order chi connectivity index (χ1) is 31.3. The standard InChI is InChI=1S/C60H39N3/c1-4-17-40(18-5-1)41-31-34-47(35-32-41)61-52-28-13-10-25-48(52)51-38-43(33-36-55(51)61)42-19-16-20-44(37-42)58-59-49-26-11-14-29-53(49)62(45-21-6-2-7-22-45)56(59)39-57-60(58)50-27-12-15-30-54(50)63(57)46-23-8-3-9-24-46/h1-39H. The molecule has 0 atom stereocenters. The molecule has 0 saturated heterocycles. The highest BCUT2D eigenvalue weighted by molar-refractivity contribution is 6.28. The van der Waals surface area contributed by atoms with Gasteiger partial charge in [0.25, 0.3) is 0 Å². The maximum Gasteiger partial charge on any atom is 0.0568 e. The molecule has 0 amide bonds. The lowest BCUT2D eigenvalue weighted by molar-refractivity contribution is 1.16. The molecule has 294 valence electrons. The quantitative estimate of drug-likeness (QED) is 0.159. The summed E-state index contributed by atoms with van der Waals surface area (Å²) < 4.78 is 7.30. The number of hydrogen-bond donors (Lipinski definition) is 0. The lowest BCUT2D eigenvalue weighted by Crippen LogP contribution is -1.96. The van der Waals surface area contributed by atoms with Crippen LogP contribution in [0.25, 0.3) is 116 Å². The molecular weight excluding hydrogens is 763 g/mol. The number of hydrogen-bond acceptors (Lipinski definition) is 0. The Morgan fingerprint density at radius 1 is 0.206 bits per heavy atom. The molecule has 0 radical (unpaired) electrons. The third-order valence-electron chi connectivity index (χ3n) is 13.0. The zero-order valence-electron chi connectivity index (χ0n) is 34.4. The third-order valence-corrected chi connectivity index (χ3v) is 13.0. The summed E-state index contributed by atoms with van der Waals surface area (Å²) in [7, 11) is 0. The number of para-hydroxylation sites is 5. The van der Waals surface area contributed by atoms with Crippen molar-refractivity contribution in [1.29, 1.82) is 0 Å². The van der Waals surface area contributed by atoms with E-state index < -0.39 is 0 Å². The van der Waals surface area contributed by atoms with Crippen molar-refractivity contribution in [2.24, 2.45) is 0 Å². The van der Waals surface area contributed by atoms with E-state index in [-0.39, 0.29) is 0 Å². The summed E-state index contributed by atoms with van der Waals surface area (Å²) >= 11 is 0. The molecule has 0 aliphatic carbocycles. The van der Waals surface area contributed by atoms with Gasteiger partial charge in [-0.1, -0.05) is 158 Å². The number of aromatic nitrogens is 3. The molecule has 13 rings (SSSR count). The summed E-state index contributed by atoms with van der Waals surface area (Å²) in [6.07, 6.45) is 0. The Morgan fingerprint density at radius 2 is 0.603 bits per heavy atom. The van der Waals surface area contributed by atoms with Crippen molar-refractivity contribution in [2.45, 2.75) is 0 Å². The van der Waals surface area contributed by atoms with Crippen molar-refractivity contribution in [1.82, 2.24) is 13.7 Å². The number of benzene rings is 10. The molecule has 3 heteroatoms. The Kier molecular flexibility index (Phi) is 7.91. The first kappa shape index (κ1) is 35.4. The second-order valence-electron chi connectivity index (χ2n) is 16.5. The van der Waals surface area contributed by atoms with Crippen molar-refractivity contribution in [3.05, 3.63) is 237 Å². The summed E-state index contributed by atoms with van der Waals surface area (Å²) in [5.41, 5.74) is 17.8. The molecular formula is C60H39N3. The lowest BCUT2D eigenvalue weighted by atomic mass is 9.92. The maximum atomic E-state index is 2.45. The largest absolute Gasteiger partial charge is 0.309 e. The zero-order valence-corrected chi connectivity index (χ0v) is 34.4. The first-order valence-corrected chi connectivity index (χ1v) is 21.7. The molecule has 0 aliphatic heterocycles. The van der Waals surface area contributed by atoms with E-state index in [1.807, 2.05) is 0 Å². The number of rotatable bonds is 6. The fourth-order valence-corrected chi connectivity index (χ4v) is 10.3. The van der Waals surface area contributed by atoms with E-state index >= 15 is 0 Å². The van der Waals surface area contributed by atoms with Gasteiger partial charge in [-0.05, 0) is 107 Å². The normalized spacial score (nSPS) is 11.8. The summed E-state index contributed by atoms with van der Waals surface area (Å²) in [4.78, 5) is 0. The molecule has 3 heterocycles. The van der Waals surface area contributed by atoms with Crippen molar-refractivity contribution in [3.8, 4) is 50.4 Å². The molecule has 0 bridgehead atoms. The van der Waals surface area contributed by atoms with Crippen molar-refractivity contribution < 1.29 is 0 Å². The average molecular weight is 802 g/mol. The molecule has 13 aromatic rings. The molecule has 0 aliphatic rings. The zero-order chi connectivity index (χ0) is 41.4. The van der Waals surface area contributed by atoms with Gasteiger partial charge >= 0.3 is 0 Å². The molecule has 0 N–H and O–H groups in total. The van der Waals surface area contributed by atoms with E-state index in [2.05, 4.69) is 250 Å². The summed E-state index contributed by atoms with van der Waals surface area (Å²) in [6.45, 7) is 0. The maximum absolute atomic E-state index is 2.45. The van der Waals surface area contributed by atoms with E-state index in [1.165, 1.54) is 98.8 Å². The van der Waals surface area contributed by atoms with Crippen LogP contribution in [0.1, 0.15) is 0 Å². The molecule has 10 aromatic carbocycles. The van der Waals surface area contributed by atoms with E-state index in [0.717, 1.165) is 17.1 Å². The third kappa shape index (κ3) is 5.46. The minimum Gasteiger partial charge on any atom is -0.309 e. The lowest BCUT2D eigenvalue weighted by Gasteiger charge is -2.14. The Balaban J connectivity index is 1.06. The van der Waals surface area contributed by atoms with Crippen LogP contribution >= 0.6 is 0 Å². The Morgan fingerprint density at radius 3 is 1.21 bits per heavy atom. The summed E-state index contributed by atoms with van der Waals surface area (Å²) in [6, 6.07) is 86.4. The summed E-state index contributed by atoms with van der Waals surface area (Å²) in [5.74, 6) is 0. The average Bonchev–Trinajstić information content (AvgIpc) is 3.99. The molecule has 63 heavy (non-hydrogen) atoms. The van der Waals surface area contributed by atoms with Crippen LogP contribution in [0.2, 0.25) is 0 Å². The fraction of sp³-hybridized carbons (Fsp3) is 0. The van der Waals surface area contributed by atoms with Gasteiger partial charge < -0.3 is 13.7 Å². The van der Waals surface area contributed by atoms with Crippen LogP contribution in [0.15, 0.2) is 237 Å². The Bertz CT molecular complexity index is 3740. The van der Waals surface area contributed by atoms with E-state index in [1.54, 1.807) is 0 Å². The van der Waals surface area contributed by atoms with Gasteiger partial charge in [0.2, 0.25) is 0 Å². The topological polar surface area (TPSA) is 14.8 Å². The number of nitrogens with zero attached hydrogens (tertiary/aromatic N) is 3. The van der Waals surface area contributed by atoms with Crippen molar-refractivity contribution in [2.75, 3.05) is 0 Å². The van der Waals surface area contributed by atoms with Crippen LogP contribution in [0.4, 0.5) is 0 Å². The predicted octanol–water partition coefficient (Wildman–Crippen LogP) is 16.0. The first-order valence-electron chi connectivity index (χ1n) is 21.7. The van der Waals surface area contributed by atoms with Gasteiger partial charge in [0.1, 0.15) is 0 Å². The van der Waals surface area contributed by atoms with E-state index in [9.17, 15) is 0 Å². The minimum atomic E-state index is 1.14. The Labute approximate surface area is 364 Å². The highest BCUT2D eigenvalue weighted by atomic mass is 15.0. The molecule has 3 nitrogen and oxygen atoms in total. The second-order valence-corrected chi connectivity index (χ2v) is 16.5. The molecule has 0 saturated carbocycles. The SMILES string of the molecule is c1ccc(-c2ccc(-n3c4ccccc4c4cc(-c5cccc(-c6c7c8ccccc8n(-c8ccccc8)c7cc7c6c6ccccc6n7-c6ccccc6)c5)ccc43)cc2)cc1. The van der Waals surface area contributed by atoms with Gasteiger partial charge in [-0.3, -0.25) is 0 Å². The molecule has 0 unspecified atom stereocenters. The fourth-order valence-electron chi connectivity index (χ4n) is 10.3. The smallest absolute Gasteiger partial charge is 0.0568 e. The van der Waals surface area contributed by atoms with Gasteiger partial charge in [0.05, 0.1) is 33.1 Å². The van der Waals surface area contributed by atoms with Gasteiger partial charge in [-0.2, -0.15) is 0 Å². The van der Waals surface area contributed by atoms with Crippen LogP contribution in [-0.4, -0.2) is 13.7 Å². The van der Waals surface area contributed by atoms with Crippen LogP contribution in [0, 0.1) is 0 Å². The molecule has 0 fully saturated rings.